The van der Waals surface area contributed by atoms with Crippen molar-refractivity contribution in [2.45, 2.75) is 86.0 Å². The molecule has 1 aromatic rings. The molecule has 2 N–H and O–H groups in total. The van der Waals surface area contributed by atoms with Crippen LogP contribution < -0.4 is 10.6 Å². The molecule has 1 saturated heterocycles. The fraction of sp³-hybridized carbons (Fsp3) is 0.741. The highest BCUT2D eigenvalue weighted by molar-refractivity contribution is 7.17. The maximum Gasteiger partial charge on any atom is 0.341 e. The van der Waals surface area contributed by atoms with Crippen LogP contribution in [0.25, 0.3) is 0 Å². The maximum atomic E-state index is 12.7. The first-order chi connectivity index (χ1) is 16.6. The number of aryl methyl sites for hydroxylation is 1. The van der Waals surface area contributed by atoms with Gasteiger partial charge in [0.2, 0.25) is 5.91 Å². The second-order valence-corrected chi connectivity index (χ2v) is 12.5. The fourth-order valence-electron chi connectivity index (χ4n) is 5.39. The molecule has 0 saturated carbocycles. The lowest BCUT2D eigenvalue weighted by atomic mass is 9.84. The summed E-state index contributed by atoms with van der Waals surface area (Å²) in [4.78, 5) is 41.1. The van der Waals surface area contributed by atoms with Crippen LogP contribution >= 0.6 is 11.3 Å². The third kappa shape index (κ3) is 7.95. The standard InChI is InChI=1S/C27H43N3O4S/c1-6-34-25(32)23-20-9-7-8-10-21(20)35-24(23)29-26(33)28-17-19-11-13-30(14-12-19)22(31)15-18(2)16-27(3,4)5/h18-19H,6-17H2,1-5H3,(H2,28,29,33). The van der Waals surface area contributed by atoms with Crippen molar-refractivity contribution in [2.75, 3.05) is 31.6 Å². The molecule has 3 rings (SSSR count). The number of likely N-dealkylation sites (tertiary alicyclic amines) is 1. The summed E-state index contributed by atoms with van der Waals surface area (Å²) in [7, 11) is 0. The molecule has 1 unspecified atom stereocenters. The molecule has 0 aromatic carbocycles. The Balaban J connectivity index is 1.46. The number of fused-ring (bicyclic) bond motifs is 1. The number of rotatable bonds is 8. The van der Waals surface area contributed by atoms with Gasteiger partial charge in [0.05, 0.1) is 12.2 Å². The van der Waals surface area contributed by atoms with E-state index in [2.05, 4.69) is 38.3 Å². The Labute approximate surface area is 214 Å². The normalized spacial score (nSPS) is 17.5. The third-order valence-electron chi connectivity index (χ3n) is 6.88. The van der Waals surface area contributed by atoms with Crippen molar-refractivity contribution in [3.05, 3.63) is 16.0 Å². The average Bonchev–Trinajstić information content (AvgIpc) is 3.14. The predicted molar refractivity (Wildman–Crippen MR) is 141 cm³/mol. The zero-order chi connectivity index (χ0) is 25.6. The minimum Gasteiger partial charge on any atom is -0.462 e. The molecule has 0 spiro atoms. The Bertz CT molecular complexity index is 897. The molecule has 2 aliphatic rings. The van der Waals surface area contributed by atoms with Crippen LogP contribution in [0.3, 0.4) is 0 Å². The van der Waals surface area contributed by atoms with Crippen molar-refractivity contribution >= 4 is 34.2 Å². The van der Waals surface area contributed by atoms with Crippen LogP contribution in [0.5, 0.6) is 0 Å². The van der Waals surface area contributed by atoms with Crippen molar-refractivity contribution in [3.8, 4) is 0 Å². The molecule has 8 heteroatoms. The van der Waals surface area contributed by atoms with Gasteiger partial charge in [-0.3, -0.25) is 10.1 Å². The van der Waals surface area contributed by atoms with E-state index in [0.717, 1.165) is 63.6 Å². The zero-order valence-electron chi connectivity index (χ0n) is 22.1. The van der Waals surface area contributed by atoms with Gasteiger partial charge in [0, 0.05) is 30.9 Å². The summed E-state index contributed by atoms with van der Waals surface area (Å²) in [5.41, 5.74) is 1.82. The Kier molecular flexibility index (Phi) is 9.62. The quantitative estimate of drug-likeness (QED) is 0.449. The number of carbonyl (C=O) groups excluding carboxylic acids is 3. The summed E-state index contributed by atoms with van der Waals surface area (Å²) in [6, 6.07) is -0.288. The number of thiophene rings is 1. The third-order valence-corrected chi connectivity index (χ3v) is 8.09. The Hall–Kier alpha value is -2.09. The molecule has 0 bridgehead atoms. The number of ether oxygens (including phenoxy) is 1. The lowest BCUT2D eigenvalue weighted by Gasteiger charge is -2.33. The van der Waals surface area contributed by atoms with Crippen LogP contribution in [0.2, 0.25) is 0 Å². The highest BCUT2D eigenvalue weighted by Gasteiger charge is 2.28. The lowest BCUT2D eigenvalue weighted by Crippen LogP contribution is -2.42. The maximum absolute atomic E-state index is 12.7. The van der Waals surface area contributed by atoms with Gasteiger partial charge in [-0.2, -0.15) is 0 Å². The molecule has 3 amide bonds. The van der Waals surface area contributed by atoms with Gasteiger partial charge in [-0.25, -0.2) is 9.59 Å². The minimum atomic E-state index is -0.351. The van der Waals surface area contributed by atoms with Crippen molar-refractivity contribution in [1.82, 2.24) is 10.2 Å². The van der Waals surface area contributed by atoms with Crippen molar-refractivity contribution < 1.29 is 19.1 Å². The lowest BCUT2D eigenvalue weighted by molar-refractivity contribution is -0.133. The number of hydrogen-bond acceptors (Lipinski definition) is 5. The van der Waals surface area contributed by atoms with E-state index in [0.29, 0.717) is 42.0 Å². The van der Waals surface area contributed by atoms with E-state index in [1.807, 2.05) is 4.90 Å². The van der Waals surface area contributed by atoms with E-state index in [4.69, 9.17) is 4.74 Å². The summed E-state index contributed by atoms with van der Waals surface area (Å²) in [6.45, 7) is 13.0. The van der Waals surface area contributed by atoms with Gasteiger partial charge in [0.15, 0.2) is 0 Å². The Morgan fingerprint density at radius 1 is 1.14 bits per heavy atom. The van der Waals surface area contributed by atoms with Crippen LogP contribution in [0.15, 0.2) is 0 Å². The van der Waals surface area contributed by atoms with Gasteiger partial charge in [0.25, 0.3) is 0 Å². The summed E-state index contributed by atoms with van der Waals surface area (Å²) in [5, 5.41) is 6.49. The molecule has 1 fully saturated rings. The summed E-state index contributed by atoms with van der Waals surface area (Å²) in [6.07, 6.45) is 7.39. The van der Waals surface area contributed by atoms with E-state index >= 15 is 0 Å². The van der Waals surface area contributed by atoms with Gasteiger partial charge in [-0.15, -0.1) is 11.3 Å². The first kappa shape index (κ1) is 27.5. The number of esters is 1. The van der Waals surface area contributed by atoms with Gasteiger partial charge < -0.3 is 15.0 Å². The molecule has 1 aliphatic heterocycles. The number of urea groups is 1. The van der Waals surface area contributed by atoms with Gasteiger partial charge >= 0.3 is 12.0 Å². The molecular weight excluding hydrogens is 462 g/mol. The Morgan fingerprint density at radius 2 is 1.83 bits per heavy atom. The largest absolute Gasteiger partial charge is 0.462 e. The summed E-state index contributed by atoms with van der Waals surface area (Å²) < 4.78 is 5.27. The van der Waals surface area contributed by atoms with Gasteiger partial charge in [0.1, 0.15) is 5.00 Å². The molecular formula is C27H43N3O4S. The van der Waals surface area contributed by atoms with E-state index in [9.17, 15) is 14.4 Å². The second kappa shape index (κ2) is 12.2. The molecule has 0 radical (unpaired) electrons. The molecule has 1 aromatic heterocycles. The van der Waals surface area contributed by atoms with Crippen LogP contribution in [-0.4, -0.2) is 49.0 Å². The molecule has 1 atom stereocenters. The predicted octanol–water partition coefficient (Wildman–Crippen LogP) is 5.63. The zero-order valence-corrected chi connectivity index (χ0v) is 22.9. The summed E-state index contributed by atoms with van der Waals surface area (Å²) >= 11 is 1.50. The number of amides is 3. The van der Waals surface area contributed by atoms with Crippen LogP contribution in [-0.2, 0) is 22.4 Å². The molecule has 35 heavy (non-hydrogen) atoms. The molecule has 1 aliphatic carbocycles. The molecule has 196 valence electrons. The number of hydrogen-bond donors (Lipinski definition) is 2. The highest BCUT2D eigenvalue weighted by Crippen LogP contribution is 2.38. The van der Waals surface area contributed by atoms with E-state index in [1.165, 1.54) is 16.2 Å². The molecule has 7 nitrogen and oxygen atoms in total. The van der Waals surface area contributed by atoms with Gasteiger partial charge in [-0.05, 0) is 74.7 Å². The monoisotopic (exact) mass is 505 g/mol. The first-order valence-corrected chi connectivity index (χ1v) is 14.0. The number of nitrogens with zero attached hydrogens (tertiary/aromatic N) is 1. The van der Waals surface area contributed by atoms with Crippen LogP contribution in [0, 0.1) is 17.3 Å². The smallest absolute Gasteiger partial charge is 0.341 e. The van der Waals surface area contributed by atoms with E-state index < -0.39 is 0 Å². The van der Waals surface area contributed by atoms with Gasteiger partial charge in [-0.1, -0.05) is 27.7 Å². The topological polar surface area (TPSA) is 87.7 Å². The number of piperidine rings is 1. The fourth-order valence-corrected chi connectivity index (χ4v) is 6.66. The van der Waals surface area contributed by atoms with Crippen LogP contribution in [0.1, 0.15) is 93.9 Å². The summed E-state index contributed by atoms with van der Waals surface area (Å²) in [5.74, 6) is 0.626. The average molecular weight is 506 g/mol. The molecule has 2 heterocycles. The van der Waals surface area contributed by atoms with Crippen molar-refractivity contribution in [3.63, 3.8) is 0 Å². The SMILES string of the molecule is CCOC(=O)c1c(NC(=O)NCC2CCN(C(=O)CC(C)CC(C)(C)C)CC2)sc2c1CCCC2. The number of nitrogens with one attached hydrogen (secondary N) is 2. The van der Waals surface area contributed by atoms with E-state index in [-0.39, 0.29) is 23.3 Å². The minimum absolute atomic E-state index is 0.235. The second-order valence-electron chi connectivity index (χ2n) is 11.4. The van der Waals surface area contributed by atoms with Crippen molar-refractivity contribution in [1.29, 1.82) is 0 Å². The van der Waals surface area contributed by atoms with E-state index in [1.54, 1.807) is 6.92 Å². The van der Waals surface area contributed by atoms with Crippen molar-refractivity contribution in [2.24, 2.45) is 17.3 Å². The highest BCUT2D eigenvalue weighted by atomic mass is 32.1. The van der Waals surface area contributed by atoms with Crippen LogP contribution in [0.4, 0.5) is 9.80 Å². The number of carbonyl (C=O) groups is 3. The first-order valence-electron chi connectivity index (χ1n) is 13.2. The Morgan fingerprint density at radius 3 is 2.49 bits per heavy atom. The number of anilines is 1.